The van der Waals surface area contributed by atoms with Gasteiger partial charge in [-0.1, -0.05) is 18.2 Å². The first kappa shape index (κ1) is 21.8. The third-order valence-electron chi connectivity index (χ3n) is 4.42. The van der Waals surface area contributed by atoms with Gasteiger partial charge < -0.3 is 14.8 Å². The molecule has 1 heterocycles. The van der Waals surface area contributed by atoms with Gasteiger partial charge in [-0.3, -0.25) is 9.59 Å². The molecule has 0 aliphatic heterocycles. The number of rotatable bonds is 7. The average molecular weight is 421 g/mol. The zero-order chi connectivity index (χ0) is 22.4. The van der Waals surface area contributed by atoms with Gasteiger partial charge in [-0.25, -0.2) is 4.79 Å². The summed E-state index contributed by atoms with van der Waals surface area (Å²) < 4.78 is 11.6. The van der Waals surface area contributed by atoms with Crippen LogP contribution in [0.4, 0.5) is 5.69 Å². The number of nitrogens with zero attached hydrogens (tertiary/aromatic N) is 2. The lowest BCUT2D eigenvalue weighted by atomic mass is 10.2. The molecular weight excluding hydrogens is 398 g/mol. The maximum Gasteiger partial charge on any atom is 0.360 e. The quantitative estimate of drug-likeness (QED) is 0.587. The van der Waals surface area contributed by atoms with Crippen LogP contribution in [-0.4, -0.2) is 34.9 Å². The van der Waals surface area contributed by atoms with Gasteiger partial charge in [0.05, 0.1) is 24.6 Å². The van der Waals surface area contributed by atoms with Crippen molar-refractivity contribution in [3.8, 4) is 11.4 Å². The molecule has 0 bridgehead atoms. The van der Waals surface area contributed by atoms with Crippen LogP contribution in [0.15, 0.2) is 59.4 Å². The van der Waals surface area contributed by atoms with Gasteiger partial charge in [0.25, 0.3) is 11.5 Å². The highest BCUT2D eigenvalue weighted by Gasteiger charge is 2.21. The predicted molar refractivity (Wildman–Crippen MR) is 116 cm³/mol. The number of aryl methyl sites for hydroxylation is 1. The van der Waals surface area contributed by atoms with E-state index in [1.54, 1.807) is 43.3 Å². The van der Waals surface area contributed by atoms with Gasteiger partial charge in [0, 0.05) is 11.6 Å². The van der Waals surface area contributed by atoms with E-state index in [9.17, 15) is 14.4 Å². The van der Waals surface area contributed by atoms with E-state index in [1.807, 2.05) is 26.0 Å². The van der Waals surface area contributed by atoms with Gasteiger partial charge in [-0.15, -0.1) is 0 Å². The third-order valence-corrected chi connectivity index (χ3v) is 4.42. The van der Waals surface area contributed by atoms with Crippen molar-refractivity contribution in [3.05, 3.63) is 81.8 Å². The normalized spacial score (nSPS) is 10.4. The van der Waals surface area contributed by atoms with Crippen LogP contribution in [0.1, 0.15) is 40.3 Å². The van der Waals surface area contributed by atoms with Crippen molar-refractivity contribution in [3.63, 3.8) is 0 Å². The van der Waals surface area contributed by atoms with E-state index in [-0.39, 0.29) is 18.0 Å². The number of para-hydroxylation sites is 1. The molecule has 1 N–H and O–H groups in total. The van der Waals surface area contributed by atoms with Gasteiger partial charge >= 0.3 is 5.97 Å². The molecule has 0 saturated carbocycles. The lowest BCUT2D eigenvalue weighted by molar-refractivity contribution is 0.0518. The van der Waals surface area contributed by atoms with Crippen molar-refractivity contribution in [2.45, 2.75) is 20.8 Å². The molecule has 3 rings (SSSR count). The van der Waals surface area contributed by atoms with Crippen molar-refractivity contribution < 1.29 is 19.1 Å². The Morgan fingerprint density at radius 1 is 1.03 bits per heavy atom. The summed E-state index contributed by atoms with van der Waals surface area (Å²) in [5, 5.41) is 6.80. The van der Waals surface area contributed by atoms with Crippen LogP contribution in [0.3, 0.4) is 0 Å². The molecule has 0 aliphatic rings. The molecule has 0 fully saturated rings. The minimum absolute atomic E-state index is 0.0211. The van der Waals surface area contributed by atoms with E-state index in [4.69, 9.17) is 9.47 Å². The first-order valence-corrected chi connectivity index (χ1v) is 9.86. The molecule has 3 aromatic rings. The van der Waals surface area contributed by atoms with Gasteiger partial charge in [0.1, 0.15) is 5.75 Å². The highest BCUT2D eigenvalue weighted by Crippen LogP contribution is 2.18. The van der Waals surface area contributed by atoms with Gasteiger partial charge in [-0.05, 0) is 56.7 Å². The summed E-state index contributed by atoms with van der Waals surface area (Å²) in [7, 11) is 0. The summed E-state index contributed by atoms with van der Waals surface area (Å²) in [6.07, 6.45) is 0. The van der Waals surface area contributed by atoms with Crippen LogP contribution in [0.25, 0.3) is 5.69 Å². The number of esters is 1. The number of hydrogen-bond acceptors (Lipinski definition) is 6. The first-order valence-electron chi connectivity index (χ1n) is 9.86. The summed E-state index contributed by atoms with van der Waals surface area (Å²) in [6.45, 7) is 5.99. The van der Waals surface area contributed by atoms with Crippen molar-refractivity contribution in [1.82, 2.24) is 9.78 Å². The second kappa shape index (κ2) is 9.71. The molecule has 8 nitrogen and oxygen atoms in total. The molecule has 1 amide bonds. The Morgan fingerprint density at radius 2 is 1.74 bits per heavy atom. The number of anilines is 1. The van der Waals surface area contributed by atoms with Crippen LogP contribution in [-0.2, 0) is 4.74 Å². The van der Waals surface area contributed by atoms with Crippen molar-refractivity contribution >= 4 is 17.6 Å². The first-order chi connectivity index (χ1) is 14.9. The Bertz CT molecular complexity index is 1150. The smallest absolute Gasteiger partial charge is 0.360 e. The topological polar surface area (TPSA) is 99.5 Å². The number of amides is 1. The fourth-order valence-corrected chi connectivity index (χ4v) is 2.94. The summed E-state index contributed by atoms with van der Waals surface area (Å²) in [6, 6.07) is 14.8. The molecular formula is C23H23N3O5. The third kappa shape index (κ3) is 4.98. The van der Waals surface area contributed by atoms with Crippen LogP contribution in [0.5, 0.6) is 5.75 Å². The van der Waals surface area contributed by atoms with Gasteiger partial charge in [0.15, 0.2) is 5.69 Å². The maximum absolute atomic E-state index is 12.7. The largest absolute Gasteiger partial charge is 0.494 e. The minimum Gasteiger partial charge on any atom is -0.494 e. The molecule has 0 radical (unpaired) electrons. The van der Waals surface area contributed by atoms with E-state index in [0.29, 0.717) is 23.6 Å². The molecule has 0 saturated heterocycles. The lowest BCUT2D eigenvalue weighted by Gasteiger charge is -2.13. The van der Waals surface area contributed by atoms with E-state index in [2.05, 4.69) is 10.4 Å². The van der Waals surface area contributed by atoms with Crippen LogP contribution >= 0.6 is 0 Å². The lowest BCUT2D eigenvalue weighted by Crippen LogP contribution is -2.27. The number of carbonyl (C=O) groups is 2. The summed E-state index contributed by atoms with van der Waals surface area (Å²) in [5.41, 5.74) is 0.988. The highest BCUT2D eigenvalue weighted by molar-refractivity contribution is 6.07. The Morgan fingerprint density at radius 3 is 2.39 bits per heavy atom. The molecule has 0 aliphatic carbocycles. The summed E-state index contributed by atoms with van der Waals surface area (Å²) in [5.74, 6) is -0.607. The summed E-state index contributed by atoms with van der Waals surface area (Å²) in [4.78, 5) is 37.9. The SMILES string of the molecule is CCOC(=O)c1nn(-c2ccccc2C)c(=O)cc1NC(=O)c1ccc(OCC)cc1. The van der Waals surface area contributed by atoms with Gasteiger partial charge in [0.2, 0.25) is 0 Å². The Labute approximate surface area is 179 Å². The monoisotopic (exact) mass is 421 g/mol. The van der Waals surface area contributed by atoms with Crippen molar-refractivity contribution in [1.29, 1.82) is 0 Å². The number of hydrogen-bond donors (Lipinski definition) is 1. The van der Waals surface area contributed by atoms with E-state index < -0.39 is 17.4 Å². The number of nitrogens with one attached hydrogen (secondary N) is 1. The Kier molecular flexibility index (Phi) is 6.81. The van der Waals surface area contributed by atoms with E-state index in [0.717, 1.165) is 16.3 Å². The fourth-order valence-electron chi connectivity index (χ4n) is 2.94. The second-order valence-corrected chi connectivity index (χ2v) is 6.58. The molecule has 31 heavy (non-hydrogen) atoms. The second-order valence-electron chi connectivity index (χ2n) is 6.58. The molecule has 1 aromatic heterocycles. The Balaban J connectivity index is 1.99. The van der Waals surface area contributed by atoms with E-state index >= 15 is 0 Å². The number of carbonyl (C=O) groups excluding carboxylic acids is 2. The number of ether oxygens (including phenoxy) is 2. The molecule has 0 atom stereocenters. The maximum atomic E-state index is 12.7. The summed E-state index contributed by atoms with van der Waals surface area (Å²) >= 11 is 0. The Hall–Kier alpha value is -3.94. The predicted octanol–water partition coefficient (Wildman–Crippen LogP) is 3.37. The molecule has 0 unspecified atom stereocenters. The highest BCUT2D eigenvalue weighted by atomic mass is 16.5. The number of benzene rings is 2. The molecule has 8 heteroatoms. The standard InChI is InChI=1S/C23H23N3O5/c1-4-30-17-12-10-16(11-13-17)22(28)24-18-14-20(27)26(19-9-7-6-8-15(19)3)25-21(18)23(29)31-5-2/h6-14H,4-5H2,1-3H3,(H,24,28). The van der Waals surface area contributed by atoms with Crippen LogP contribution in [0, 0.1) is 6.92 Å². The van der Waals surface area contributed by atoms with E-state index in [1.165, 1.54) is 0 Å². The van der Waals surface area contributed by atoms with Crippen LogP contribution < -0.4 is 15.6 Å². The number of aromatic nitrogens is 2. The zero-order valence-electron chi connectivity index (χ0n) is 17.5. The van der Waals surface area contributed by atoms with Crippen LogP contribution in [0.2, 0.25) is 0 Å². The molecule has 160 valence electrons. The van der Waals surface area contributed by atoms with Gasteiger partial charge in [-0.2, -0.15) is 9.78 Å². The van der Waals surface area contributed by atoms with Crippen molar-refractivity contribution in [2.75, 3.05) is 18.5 Å². The molecule has 2 aromatic carbocycles. The minimum atomic E-state index is -0.744. The molecule has 0 spiro atoms. The fraction of sp³-hybridized carbons (Fsp3) is 0.217. The zero-order valence-corrected chi connectivity index (χ0v) is 17.5. The van der Waals surface area contributed by atoms with Crippen molar-refractivity contribution in [2.24, 2.45) is 0 Å². The average Bonchev–Trinajstić information content (AvgIpc) is 2.75.